The van der Waals surface area contributed by atoms with Crippen molar-refractivity contribution in [1.29, 1.82) is 0 Å². The van der Waals surface area contributed by atoms with Gasteiger partial charge in [-0.25, -0.2) is 9.79 Å². The average molecular weight is 660 g/mol. The molecule has 0 fully saturated rings. The summed E-state index contributed by atoms with van der Waals surface area (Å²) in [4.78, 5) is 32.5. The first kappa shape index (κ1) is 31.4. The molecule has 2 aromatic carbocycles. The summed E-state index contributed by atoms with van der Waals surface area (Å²) in [6.45, 7) is 11.4. The second kappa shape index (κ2) is 13.2. The van der Waals surface area contributed by atoms with E-state index in [1.54, 1.807) is 46.3 Å². The maximum atomic E-state index is 14.1. The highest BCUT2D eigenvalue weighted by Crippen LogP contribution is 2.38. The number of rotatable bonds is 10. The maximum Gasteiger partial charge on any atom is 0.338 e. The minimum atomic E-state index is -0.798. The molecule has 1 aromatic heterocycles. The van der Waals surface area contributed by atoms with E-state index in [2.05, 4.69) is 20.9 Å². The monoisotopic (exact) mass is 658 g/mol. The van der Waals surface area contributed by atoms with Gasteiger partial charge in [0.2, 0.25) is 0 Å². The lowest BCUT2D eigenvalue weighted by atomic mass is 9.95. The summed E-state index contributed by atoms with van der Waals surface area (Å²) in [5, 5.41) is 0. The van der Waals surface area contributed by atoms with Crippen LogP contribution in [0.2, 0.25) is 0 Å². The first-order valence-corrected chi connectivity index (χ1v) is 15.2. The Morgan fingerprint density at radius 2 is 1.74 bits per heavy atom. The molecule has 11 heteroatoms. The normalized spacial score (nSPS) is 15.0. The predicted octanol–water partition coefficient (Wildman–Crippen LogP) is 5.15. The summed E-state index contributed by atoms with van der Waals surface area (Å²) < 4.78 is 31.3. The molecule has 2 heterocycles. The number of halogens is 1. The van der Waals surface area contributed by atoms with Crippen molar-refractivity contribution in [2.24, 2.45) is 4.99 Å². The maximum absolute atomic E-state index is 14.1. The number of esters is 1. The van der Waals surface area contributed by atoms with Gasteiger partial charge in [-0.2, -0.15) is 0 Å². The molecule has 42 heavy (non-hydrogen) atoms. The van der Waals surface area contributed by atoms with Gasteiger partial charge in [-0.3, -0.25) is 9.36 Å². The molecule has 1 aliphatic heterocycles. The Hall–Kier alpha value is -3.57. The Labute approximate surface area is 257 Å². The topological polar surface area (TPSA) is 97.6 Å². The molecule has 0 bridgehead atoms. The van der Waals surface area contributed by atoms with Gasteiger partial charge in [-0.15, -0.1) is 0 Å². The van der Waals surface area contributed by atoms with Crippen LogP contribution in [0.3, 0.4) is 0 Å². The SMILES string of the molecule is CCOC(=O)C1=C(C)N=c2s/c(=C/c3cc(Br)cc(OC)c3OC(C)C)c(=O)n2[C@H]1c1ccc(OC(C)C)c(OC)c1. The van der Waals surface area contributed by atoms with Crippen LogP contribution in [0, 0.1) is 0 Å². The predicted molar refractivity (Wildman–Crippen MR) is 166 cm³/mol. The number of benzene rings is 2. The Morgan fingerprint density at radius 1 is 1.05 bits per heavy atom. The largest absolute Gasteiger partial charge is 0.493 e. The quantitative estimate of drug-likeness (QED) is 0.278. The van der Waals surface area contributed by atoms with E-state index in [4.69, 9.17) is 23.7 Å². The first-order valence-electron chi connectivity index (χ1n) is 13.6. The van der Waals surface area contributed by atoms with Crippen LogP contribution < -0.4 is 33.8 Å². The zero-order chi connectivity index (χ0) is 30.7. The van der Waals surface area contributed by atoms with Gasteiger partial charge in [0.1, 0.15) is 0 Å². The number of aromatic nitrogens is 1. The second-order valence-electron chi connectivity index (χ2n) is 10.1. The molecular formula is C31H35BrN2O7S. The Bertz CT molecular complexity index is 1700. The van der Waals surface area contributed by atoms with E-state index in [1.807, 2.05) is 45.9 Å². The van der Waals surface area contributed by atoms with Crippen LogP contribution in [0.15, 0.2) is 55.9 Å². The number of thiazole rings is 1. The molecule has 0 aliphatic carbocycles. The number of ether oxygens (including phenoxy) is 5. The zero-order valence-corrected chi connectivity index (χ0v) is 27.3. The summed E-state index contributed by atoms with van der Waals surface area (Å²) in [7, 11) is 3.12. The fourth-order valence-corrected chi connectivity index (χ4v) is 6.16. The molecule has 3 aromatic rings. The van der Waals surface area contributed by atoms with Crippen LogP contribution >= 0.6 is 27.3 Å². The first-order chi connectivity index (χ1) is 20.0. The lowest BCUT2D eigenvalue weighted by molar-refractivity contribution is -0.139. The summed E-state index contributed by atoms with van der Waals surface area (Å²) in [5.74, 6) is 1.56. The van der Waals surface area contributed by atoms with E-state index in [1.165, 1.54) is 15.9 Å². The summed E-state index contributed by atoms with van der Waals surface area (Å²) in [5.41, 5.74) is 1.76. The van der Waals surface area contributed by atoms with E-state index in [9.17, 15) is 9.59 Å². The van der Waals surface area contributed by atoms with Crippen molar-refractivity contribution in [1.82, 2.24) is 4.57 Å². The van der Waals surface area contributed by atoms with Crippen molar-refractivity contribution in [3.8, 4) is 23.0 Å². The number of allylic oxidation sites excluding steroid dienone is 1. The van der Waals surface area contributed by atoms with Crippen LogP contribution in [0.1, 0.15) is 58.7 Å². The lowest BCUT2D eigenvalue weighted by Gasteiger charge is -2.25. The molecule has 0 saturated heterocycles. The Balaban J connectivity index is 1.98. The highest BCUT2D eigenvalue weighted by Gasteiger charge is 2.34. The molecule has 0 N–H and O–H groups in total. The summed E-state index contributed by atoms with van der Waals surface area (Å²) in [6, 6.07) is 8.27. The van der Waals surface area contributed by atoms with E-state index in [0.717, 1.165) is 4.47 Å². The number of methoxy groups -OCH3 is 2. The Morgan fingerprint density at radius 3 is 2.36 bits per heavy atom. The molecule has 0 spiro atoms. The molecule has 0 unspecified atom stereocenters. The lowest BCUT2D eigenvalue weighted by Crippen LogP contribution is -2.40. The van der Waals surface area contributed by atoms with Crippen LogP contribution in [-0.2, 0) is 9.53 Å². The molecule has 0 radical (unpaired) electrons. The van der Waals surface area contributed by atoms with E-state index < -0.39 is 12.0 Å². The van der Waals surface area contributed by atoms with E-state index >= 15 is 0 Å². The average Bonchev–Trinajstić information content (AvgIpc) is 3.22. The highest BCUT2D eigenvalue weighted by atomic mass is 79.9. The smallest absolute Gasteiger partial charge is 0.338 e. The molecular weight excluding hydrogens is 624 g/mol. The van der Waals surface area contributed by atoms with E-state index in [0.29, 0.717) is 49.2 Å². The number of nitrogens with zero attached hydrogens (tertiary/aromatic N) is 2. The van der Waals surface area contributed by atoms with Crippen LogP contribution in [0.4, 0.5) is 0 Å². The summed E-state index contributed by atoms with van der Waals surface area (Å²) in [6.07, 6.45) is 1.57. The van der Waals surface area contributed by atoms with Crippen molar-refractivity contribution in [2.45, 2.75) is 59.8 Å². The number of carbonyl (C=O) groups is 1. The molecule has 224 valence electrons. The second-order valence-corrected chi connectivity index (χ2v) is 12.0. The van der Waals surface area contributed by atoms with E-state index in [-0.39, 0.29) is 29.9 Å². The van der Waals surface area contributed by atoms with Crippen LogP contribution in [-0.4, -0.2) is 43.6 Å². The number of hydrogen-bond donors (Lipinski definition) is 0. The molecule has 4 rings (SSSR count). The molecule has 9 nitrogen and oxygen atoms in total. The van der Waals surface area contributed by atoms with Crippen molar-refractivity contribution < 1.29 is 28.5 Å². The Kier molecular flexibility index (Phi) is 9.83. The van der Waals surface area contributed by atoms with Crippen molar-refractivity contribution in [3.63, 3.8) is 0 Å². The number of carbonyl (C=O) groups excluding carboxylic acids is 1. The van der Waals surface area contributed by atoms with Gasteiger partial charge in [-0.05, 0) is 77.4 Å². The third-order valence-corrected chi connectivity index (χ3v) is 7.73. The van der Waals surface area contributed by atoms with Gasteiger partial charge in [0, 0.05) is 10.0 Å². The van der Waals surface area contributed by atoms with Gasteiger partial charge in [0.25, 0.3) is 5.56 Å². The molecule has 1 aliphatic rings. The minimum absolute atomic E-state index is 0.0686. The fraction of sp³-hybridized carbons (Fsp3) is 0.387. The van der Waals surface area contributed by atoms with Crippen molar-refractivity contribution >= 4 is 39.3 Å². The van der Waals surface area contributed by atoms with Gasteiger partial charge in [-0.1, -0.05) is 33.3 Å². The van der Waals surface area contributed by atoms with Gasteiger partial charge in [0.05, 0.1) is 54.9 Å². The third kappa shape index (κ3) is 6.42. The van der Waals surface area contributed by atoms with Gasteiger partial charge >= 0.3 is 5.97 Å². The zero-order valence-electron chi connectivity index (χ0n) is 24.9. The third-order valence-electron chi connectivity index (χ3n) is 6.29. The molecule has 0 saturated carbocycles. The molecule has 0 amide bonds. The van der Waals surface area contributed by atoms with Crippen molar-refractivity contribution in [3.05, 3.63) is 76.9 Å². The highest BCUT2D eigenvalue weighted by molar-refractivity contribution is 9.10. The van der Waals surface area contributed by atoms with Gasteiger partial charge < -0.3 is 23.7 Å². The molecule has 1 atom stereocenters. The summed E-state index contributed by atoms with van der Waals surface area (Å²) >= 11 is 4.76. The standard InChI is InChI=1S/C31H35BrN2O7S/c1-9-39-30(36)26-18(6)33-31-34(27(26)19-10-11-22(40-16(2)3)23(13-19)37-7)29(35)25(42-31)14-20-12-21(32)15-24(38-8)28(20)41-17(4)5/h10-17,27H,9H2,1-8H3/b25-14+/t27-/m0/s1. The van der Waals surface area contributed by atoms with Crippen LogP contribution in [0.5, 0.6) is 23.0 Å². The minimum Gasteiger partial charge on any atom is -0.493 e. The fourth-order valence-electron chi connectivity index (χ4n) is 4.66. The van der Waals surface area contributed by atoms with Crippen LogP contribution in [0.25, 0.3) is 6.08 Å². The van der Waals surface area contributed by atoms with Crippen molar-refractivity contribution in [2.75, 3.05) is 20.8 Å². The number of hydrogen-bond acceptors (Lipinski definition) is 9. The van der Waals surface area contributed by atoms with Gasteiger partial charge in [0.15, 0.2) is 27.8 Å². The number of fused-ring (bicyclic) bond motifs is 1.